The molecule has 0 aliphatic rings. The highest BCUT2D eigenvalue weighted by Crippen LogP contribution is 2.23. The van der Waals surface area contributed by atoms with Crippen molar-refractivity contribution in [2.45, 2.75) is 0 Å². The summed E-state index contributed by atoms with van der Waals surface area (Å²) in [6.45, 7) is 0. The molecule has 0 atom stereocenters. The number of nitrogens with zero attached hydrogens (tertiary/aromatic N) is 2. The number of aromatic nitrogens is 3. The summed E-state index contributed by atoms with van der Waals surface area (Å²) in [5.41, 5.74) is 1.01. The third-order valence-corrected chi connectivity index (χ3v) is 2.76. The molecule has 0 unspecified atom stereocenters. The molecule has 2 N–H and O–H groups in total. The Morgan fingerprint density at radius 2 is 1.89 bits per heavy atom. The van der Waals surface area contributed by atoms with Crippen molar-refractivity contribution in [1.29, 1.82) is 0 Å². The van der Waals surface area contributed by atoms with E-state index >= 15 is 0 Å². The molecule has 6 heteroatoms. The summed E-state index contributed by atoms with van der Waals surface area (Å²) < 4.78 is 1.39. The normalized spacial score (nSPS) is 10.7. The molecule has 6 nitrogen and oxygen atoms in total. The van der Waals surface area contributed by atoms with Crippen molar-refractivity contribution in [2.75, 3.05) is 0 Å². The van der Waals surface area contributed by atoms with Crippen molar-refractivity contribution in [3.05, 3.63) is 58.5 Å². The van der Waals surface area contributed by atoms with E-state index in [1.807, 2.05) is 6.07 Å². The van der Waals surface area contributed by atoms with Gasteiger partial charge in [0.05, 0.1) is 0 Å². The first-order valence-corrected chi connectivity index (χ1v) is 5.57. The number of carboxylic acid groups (broad SMARTS) is 1. The molecule has 1 aromatic carbocycles. The second-order valence-electron chi connectivity index (χ2n) is 3.98. The van der Waals surface area contributed by atoms with Gasteiger partial charge in [0, 0.05) is 11.6 Å². The van der Waals surface area contributed by atoms with Gasteiger partial charge in [0.2, 0.25) is 0 Å². The number of benzene rings is 1. The van der Waals surface area contributed by atoms with E-state index in [2.05, 4.69) is 10.1 Å². The number of aromatic carboxylic acids is 1. The van der Waals surface area contributed by atoms with Crippen LogP contribution in [-0.4, -0.2) is 25.7 Å². The van der Waals surface area contributed by atoms with Gasteiger partial charge in [-0.25, -0.2) is 14.3 Å². The average Bonchev–Trinajstić information content (AvgIpc) is 2.78. The van der Waals surface area contributed by atoms with Gasteiger partial charge in [0.25, 0.3) is 5.56 Å². The lowest BCUT2D eigenvalue weighted by Crippen LogP contribution is -2.10. The second kappa shape index (κ2) is 4.09. The highest BCUT2D eigenvalue weighted by molar-refractivity contribution is 5.94. The number of rotatable bonds is 2. The van der Waals surface area contributed by atoms with Crippen molar-refractivity contribution < 1.29 is 9.90 Å². The number of H-pyrrole nitrogens is 1. The zero-order valence-electron chi connectivity index (χ0n) is 9.70. The van der Waals surface area contributed by atoms with Gasteiger partial charge >= 0.3 is 5.97 Å². The molecule has 0 saturated heterocycles. The third kappa shape index (κ3) is 1.79. The topological polar surface area (TPSA) is 87.5 Å². The molecule has 2 aromatic heterocycles. The number of fused-ring (bicyclic) bond motifs is 1. The Labute approximate surface area is 106 Å². The Kier molecular flexibility index (Phi) is 2.42. The van der Waals surface area contributed by atoms with Gasteiger partial charge in [-0.15, -0.1) is 0 Å². The number of carbonyl (C=O) groups is 1. The number of hydrogen-bond acceptors (Lipinski definition) is 3. The number of hydrogen-bond donors (Lipinski definition) is 2. The van der Waals surface area contributed by atoms with E-state index in [1.54, 1.807) is 24.3 Å². The van der Waals surface area contributed by atoms with Gasteiger partial charge < -0.3 is 5.11 Å². The van der Waals surface area contributed by atoms with E-state index < -0.39 is 5.97 Å². The summed E-state index contributed by atoms with van der Waals surface area (Å²) in [6.07, 6.45) is 0. The van der Waals surface area contributed by atoms with Crippen LogP contribution >= 0.6 is 0 Å². The Balaban J connectivity index is 2.43. The maximum atomic E-state index is 11.4. The van der Waals surface area contributed by atoms with Crippen LogP contribution in [-0.2, 0) is 0 Å². The van der Waals surface area contributed by atoms with Gasteiger partial charge in [-0.2, -0.15) is 0 Å². The lowest BCUT2D eigenvalue weighted by molar-refractivity contribution is 0.0692. The lowest BCUT2D eigenvalue weighted by atomic mass is 10.1. The predicted octanol–water partition coefficient (Wildman–Crippen LogP) is 1.39. The van der Waals surface area contributed by atoms with Crippen LogP contribution in [0.1, 0.15) is 10.5 Å². The van der Waals surface area contributed by atoms with Crippen LogP contribution in [0.25, 0.3) is 16.9 Å². The Bertz CT molecular complexity index is 818. The molecule has 0 saturated carbocycles. The largest absolute Gasteiger partial charge is 0.476 e. The summed E-state index contributed by atoms with van der Waals surface area (Å²) in [5, 5.41) is 11.8. The van der Waals surface area contributed by atoms with E-state index in [1.165, 1.54) is 16.6 Å². The number of aromatic amines is 1. The molecule has 0 aliphatic carbocycles. The van der Waals surface area contributed by atoms with Crippen molar-refractivity contribution in [2.24, 2.45) is 0 Å². The molecule has 19 heavy (non-hydrogen) atoms. The van der Waals surface area contributed by atoms with Gasteiger partial charge in [0.15, 0.2) is 11.3 Å². The fourth-order valence-electron chi connectivity index (χ4n) is 1.97. The lowest BCUT2D eigenvalue weighted by Gasteiger charge is -2.02. The number of nitrogens with one attached hydrogen (secondary N) is 1. The first-order chi connectivity index (χ1) is 9.16. The molecule has 0 amide bonds. The zero-order chi connectivity index (χ0) is 13.4. The summed E-state index contributed by atoms with van der Waals surface area (Å²) in [6, 6.07) is 11.7. The van der Waals surface area contributed by atoms with Gasteiger partial charge in [-0.3, -0.25) is 9.89 Å². The summed E-state index contributed by atoms with van der Waals surface area (Å²) in [4.78, 5) is 26.7. The maximum absolute atomic E-state index is 11.4. The minimum Gasteiger partial charge on any atom is -0.476 e. The van der Waals surface area contributed by atoms with E-state index in [0.29, 0.717) is 16.9 Å². The summed E-state index contributed by atoms with van der Waals surface area (Å²) in [7, 11) is 0. The van der Waals surface area contributed by atoms with Crippen LogP contribution in [0.3, 0.4) is 0 Å². The number of imidazole rings is 1. The molecule has 0 fully saturated rings. The highest BCUT2D eigenvalue weighted by atomic mass is 16.4. The van der Waals surface area contributed by atoms with Crippen LogP contribution in [0.4, 0.5) is 0 Å². The molecule has 3 aromatic rings. The number of carboxylic acids is 1. The van der Waals surface area contributed by atoms with E-state index in [-0.39, 0.29) is 11.3 Å². The minimum absolute atomic E-state index is 0.0898. The molecule has 0 bridgehead atoms. The van der Waals surface area contributed by atoms with Crippen LogP contribution in [0.15, 0.2) is 47.3 Å². The molecule has 0 aliphatic heterocycles. The summed E-state index contributed by atoms with van der Waals surface area (Å²) in [5.74, 6) is -1.14. The van der Waals surface area contributed by atoms with Crippen LogP contribution in [0.5, 0.6) is 0 Å². The minimum atomic E-state index is -1.14. The van der Waals surface area contributed by atoms with Crippen molar-refractivity contribution in [3.8, 4) is 11.3 Å². The smallest absolute Gasteiger partial charge is 0.356 e. The fraction of sp³-hybridized carbons (Fsp3) is 0. The van der Waals surface area contributed by atoms with E-state index in [0.717, 1.165) is 0 Å². The van der Waals surface area contributed by atoms with E-state index in [9.17, 15) is 14.7 Å². The van der Waals surface area contributed by atoms with Crippen LogP contribution in [0.2, 0.25) is 0 Å². The highest BCUT2D eigenvalue weighted by Gasteiger charge is 2.19. The second-order valence-corrected chi connectivity index (χ2v) is 3.98. The van der Waals surface area contributed by atoms with Gasteiger partial charge in [0.1, 0.15) is 5.69 Å². The molecule has 3 rings (SSSR count). The van der Waals surface area contributed by atoms with Crippen molar-refractivity contribution in [3.63, 3.8) is 0 Å². The average molecular weight is 255 g/mol. The molecule has 2 heterocycles. The predicted molar refractivity (Wildman–Crippen MR) is 68.2 cm³/mol. The Morgan fingerprint density at radius 1 is 1.16 bits per heavy atom. The van der Waals surface area contributed by atoms with Gasteiger partial charge in [-0.1, -0.05) is 30.3 Å². The van der Waals surface area contributed by atoms with Crippen LogP contribution < -0.4 is 5.56 Å². The fourth-order valence-corrected chi connectivity index (χ4v) is 1.97. The Hall–Kier alpha value is -2.89. The first kappa shape index (κ1) is 11.2. The first-order valence-electron chi connectivity index (χ1n) is 5.57. The molecular weight excluding hydrogens is 246 g/mol. The van der Waals surface area contributed by atoms with Crippen LogP contribution in [0, 0.1) is 0 Å². The van der Waals surface area contributed by atoms with Crippen molar-refractivity contribution in [1.82, 2.24) is 14.6 Å². The Morgan fingerprint density at radius 3 is 2.58 bits per heavy atom. The SMILES string of the molecule is O=C(O)c1nc2ccc(=O)[nH]n2c1-c1ccccc1. The summed E-state index contributed by atoms with van der Waals surface area (Å²) >= 11 is 0. The quantitative estimate of drug-likeness (QED) is 0.724. The third-order valence-electron chi connectivity index (χ3n) is 2.76. The van der Waals surface area contributed by atoms with Gasteiger partial charge in [-0.05, 0) is 6.07 Å². The molecule has 0 spiro atoms. The standard InChI is InChI=1S/C13H9N3O3/c17-10-7-6-9-14-11(13(18)19)12(16(9)15-10)8-4-2-1-3-5-8/h1-7H,(H,15,17)(H,18,19). The molecule has 0 radical (unpaired) electrons. The molecular formula is C13H9N3O3. The van der Waals surface area contributed by atoms with Crippen molar-refractivity contribution >= 4 is 11.6 Å². The molecule has 94 valence electrons. The van der Waals surface area contributed by atoms with E-state index in [4.69, 9.17) is 0 Å². The zero-order valence-corrected chi connectivity index (χ0v) is 9.70. The maximum Gasteiger partial charge on any atom is 0.356 e. The monoisotopic (exact) mass is 255 g/mol.